The fourth-order valence-corrected chi connectivity index (χ4v) is 2.13. The molecule has 0 aliphatic heterocycles. The summed E-state index contributed by atoms with van der Waals surface area (Å²) in [6.07, 6.45) is 4.51. The fraction of sp³-hybridized carbons (Fsp3) is 0. The largest absolute Gasteiger partial charge is 0.476 e. The van der Waals surface area contributed by atoms with Gasteiger partial charge in [-0.25, -0.2) is 9.78 Å². The quantitative estimate of drug-likeness (QED) is 0.774. The maximum absolute atomic E-state index is 12.1. The Hall–Kier alpha value is -3.28. The zero-order valence-corrected chi connectivity index (χ0v) is 11.4. The van der Waals surface area contributed by atoms with E-state index in [1.54, 1.807) is 48.8 Å². The number of carbonyl (C=O) groups is 2. The van der Waals surface area contributed by atoms with Crippen LogP contribution in [0.2, 0.25) is 0 Å². The van der Waals surface area contributed by atoms with Gasteiger partial charge in [0.05, 0.1) is 0 Å². The third kappa shape index (κ3) is 2.62. The molecule has 2 N–H and O–H groups in total. The van der Waals surface area contributed by atoms with Crippen LogP contribution in [0.4, 0.5) is 5.69 Å². The van der Waals surface area contributed by atoms with E-state index in [9.17, 15) is 9.59 Å². The topological polar surface area (TPSA) is 92.2 Å². The van der Waals surface area contributed by atoms with Gasteiger partial charge in [-0.2, -0.15) is 0 Å². The van der Waals surface area contributed by atoms with Crippen LogP contribution in [0, 0.1) is 0 Å². The van der Waals surface area contributed by atoms with Crippen molar-refractivity contribution >= 4 is 28.3 Å². The molecule has 0 radical (unpaired) electrons. The molecule has 108 valence electrons. The molecule has 2 heterocycles. The van der Waals surface area contributed by atoms with Gasteiger partial charge in [0.2, 0.25) is 0 Å². The van der Waals surface area contributed by atoms with Gasteiger partial charge in [-0.1, -0.05) is 0 Å². The van der Waals surface area contributed by atoms with Crippen LogP contribution in [0.1, 0.15) is 20.8 Å². The highest BCUT2D eigenvalue weighted by molar-refractivity contribution is 6.06. The number of nitrogens with one attached hydrogen (secondary N) is 1. The second-order valence-corrected chi connectivity index (χ2v) is 4.59. The molecule has 0 fully saturated rings. The number of carbonyl (C=O) groups excluding carboxylic acids is 1. The maximum atomic E-state index is 12.1. The number of rotatable bonds is 3. The molecular formula is C16H11N3O3. The number of fused-ring (bicyclic) bond motifs is 1. The number of benzene rings is 1. The van der Waals surface area contributed by atoms with Gasteiger partial charge in [0.1, 0.15) is 0 Å². The summed E-state index contributed by atoms with van der Waals surface area (Å²) in [6.45, 7) is 0. The van der Waals surface area contributed by atoms with Gasteiger partial charge in [0, 0.05) is 35.2 Å². The molecule has 0 unspecified atom stereocenters. The Balaban J connectivity index is 1.93. The smallest absolute Gasteiger partial charge is 0.355 e. The molecule has 0 aliphatic rings. The van der Waals surface area contributed by atoms with Crippen molar-refractivity contribution in [3.8, 4) is 0 Å². The summed E-state index contributed by atoms with van der Waals surface area (Å²) in [5.41, 5.74) is 1.07. The second-order valence-electron chi connectivity index (χ2n) is 4.59. The van der Waals surface area contributed by atoms with E-state index < -0.39 is 5.97 Å². The molecule has 0 atom stereocenters. The number of anilines is 1. The molecule has 6 heteroatoms. The van der Waals surface area contributed by atoms with E-state index in [1.807, 2.05) is 0 Å². The van der Waals surface area contributed by atoms with E-state index in [0.717, 1.165) is 0 Å². The number of aromatic carboxylic acids is 1. The van der Waals surface area contributed by atoms with E-state index >= 15 is 0 Å². The SMILES string of the molecule is O=C(Nc1ccc2c(C(=O)O)nccc2c1)c1ccncc1. The van der Waals surface area contributed by atoms with E-state index in [0.29, 0.717) is 22.0 Å². The average molecular weight is 293 g/mol. The number of nitrogens with zero attached hydrogens (tertiary/aromatic N) is 2. The van der Waals surface area contributed by atoms with Gasteiger partial charge in [-0.15, -0.1) is 0 Å². The third-order valence-corrected chi connectivity index (χ3v) is 3.17. The lowest BCUT2D eigenvalue weighted by atomic mass is 10.1. The molecule has 0 bridgehead atoms. The van der Waals surface area contributed by atoms with Crippen LogP contribution in [-0.2, 0) is 0 Å². The summed E-state index contributed by atoms with van der Waals surface area (Å²) in [6, 6.07) is 9.92. The number of hydrogen-bond donors (Lipinski definition) is 2. The standard InChI is InChI=1S/C16H11N3O3/c20-15(10-3-6-17-7-4-10)19-12-1-2-13-11(9-12)5-8-18-14(13)16(21)22/h1-9H,(H,19,20)(H,21,22). The van der Waals surface area contributed by atoms with E-state index in [2.05, 4.69) is 15.3 Å². The van der Waals surface area contributed by atoms with Crippen LogP contribution in [-0.4, -0.2) is 27.0 Å². The van der Waals surface area contributed by atoms with Gasteiger partial charge < -0.3 is 10.4 Å². The van der Waals surface area contributed by atoms with Gasteiger partial charge in [-0.05, 0) is 41.8 Å². The molecule has 0 saturated carbocycles. The van der Waals surface area contributed by atoms with Gasteiger partial charge >= 0.3 is 5.97 Å². The zero-order chi connectivity index (χ0) is 15.5. The molecule has 3 aromatic rings. The number of pyridine rings is 2. The highest BCUT2D eigenvalue weighted by Crippen LogP contribution is 2.21. The summed E-state index contributed by atoms with van der Waals surface area (Å²) in [7, 11) is 0. The number of aromatic nitrogens is 2. The highest BCUT2D eigenvalue weighted by Gasteiger charge is 2.11. The van der Waals surface area contributed by atoms with Crippen molar-refractivity contribution in [2.45, 2.75) is 0 Å². The van der Waals surface area contributed by atoms with Crippen LogP contribution >= 0.6 is 0 Å². The lowest BCUT2D eigenvalue weighted by Gasteiger charge is -2.07. The molecule has 6 nitrogen and oxygen atoms in total. The van der Waals surface area contributed by atoms with Gasteiger partial charge in [0.15, 0.2) is 5.69 Å². The van der Waals surface area contributed by atoms with E-state index in [4.69, 9.17) is 5.11 Å². The van der Waals surface area contributed by atoms with Crippen molar-refractivity contribution < 1.29 is 14.7 Å². The van der Waals surface area contributed by atoms with Crippen LogP contribution < -0.4 is 5.32 Å². The summed E-state index contributed by atoms with van der Waals surface area (Å²) >= 11 is 0. The van der Waals surface area contributed by atoms with Crippen molar-refractivity contribution in [3.05, 3.63) is 66.2 Å². The first-order valence-electron chi connectivity index (χ1n) is 6.48. The summed E-state index contributed by atoms with van der Waals surface area (Å²) in [4.78, 5) is 30.9. The van der Waals surface area contributed by atoms with E-state index in [-0.39, 0.29) is 11.6 Å². The Morgan fingerprint density at radius 2 is 1.77 bits per heavy atom. The lowest BCUT2D eigenvalue weighted by Crippen LogP contribution is -2.11. The monoisotopic (exact) mass is 293 g/mol. The normalized spacial score (nSPS) is 10.4. The number of carboxylic acids is 1. The molecule has 0 spiro atoms. The fourth-order valence-electron chi connectivity index (χ4n) is 2.13. The van der Waals surface area contributed by atoms with Crippen molar-refractivity contribution in [2.24, 2.45) is 0 Å². The van der Waals surface area contributed by atoms with Crippen LogP contribution in [0.25, 0.3) is 10.8 Å². The first kappa shape index (κ1) is 13.7. The van der Waals surface area contributed by atoms with Gasteiger partial charge in [0.25, 0.3) is 5.91 Å². The van der Waals surface area contributed by atoms with E-state index in [1.165, 1.54) is 6.20 Å². The van der Waals surface area contributed by atoms with Crippen molar-refractivity contribution in [2.75, 3.05) is 5.32 Å². The Labute approximate surface area is 125 Å². The summed E-state index contributed by atoms with van der Waals surface area (Å²) < 4.78 is 0. The van der Waals surface area contributed by atoms with Crippen molar-refractivity contribution in [3.63, 3.8) is 0 Å². The van der Waals surface area contributed by atoms with Crippen LogP contribution in [0.5, 0.6) is 0 Å². The second kappa shape index (κ2) is 5.61. The molecule has 1 aromatic carbocycles. The number of carboxylic acid groups (broad SMARTS) is 1. The van der Waals surface area contributed by atoms with Gasteiger partial charge in [-0.3, -0.25) is 9.78 Å². The first-order chi connectivity index (χ1) is 10.6. The summed E-state index contributed by atoms with van der Waals surface area (Å²) in [5.74, 6) is -1.34. The Morgan fingerprint density at radius 1 is 1.00 bits per heavy atom. The highest BCUT2D eigenvalue weighted by atomic mass is 16.4. The number of hydrogen-bond acceptors (Lipinski definition) is 4. The minimum absolute atomic E-state index is 0.00971. The average Bonchev–Trinajstić information content (AvgIpc) is 2.54. The Kier molecular flexibility index (Phi) is 3.49. The first-order valence-corrected chi connectivity index (χ1v) is 6.48. The molecule has 1 amide bonds. The Bertz CT molecular complexity index is 863. The zero-order valence-electron chi connectivity index (χ0n) is 11.4. The Morgan fingerprint density at radius 3 is 2.50 bits per heavy atom. The predicted molar refractivity (Wildman–Crippen MR) is 80.9 cm³/mol. The molecule has 0 saturated heterocycles. The van der Waals surface area contributed by atoms with Crippen LogP contribution in [0.3, 0.4) is 0 Å². The molecule has 0 aliphatic carbocycles. The lowest BCUT2D eigenvalue weighted by molar-refractivity contribution is 0.0692. The molecule has 3 rings (SSSR count). The molecular weight excluding hydrogens is 282 g/mol. The molecule has 2 aromatic heterocycles. The van der Waals surface area contributed by atoms with Crippen molar-refractivity contribution in [1.29, 1.82) is 0 Å². The maximum Gasteiger partial charge on any atom is 0.355 e. The third-order valence-electron chi connectivity index (χ3n) is 3.17. The minimum atomic E-state index is -1.08. The minimum Gasteiger partial charge on any atom is -0.476 e. The predicted octanol–water partition coefficient (Wildman–Crippen LogP) is 2.58. The van der Waals surface area contributed by atoms with Crippen molar-refractivity contribution in [1.82, 2.24) is 9.97 Å². The molecule has 22 heavy (non-hydrogen) atoms. The number of amides is 1. The summed E-state index contributed by atoms with van der Waals surface area (Å²) in [5, 5.41) is 13.1. The van der Waals surface area contributed by atoms with Crippen LogP contribution in [0.15, 0.2) is 55.0 Å².